The molecule has 1 fully saturated rings. The highest BCUT2D eigenvalue weighted by molar-refractivity contribution is 5.82. The van der Waals surface area contributed by atoms with Crippen molar-refractivity contribution in [1.29, 1.82) is 0 Å². The summed E-state index contributed by atoms with van der Waals surface area (Å²) in [4.78, 5) is 2.45. The van der Waals surface area contributed by atoms with E-state index in [2.05, 4.69) is 27.2 Å². The quantitative estimate of drug-likeness (QED) is 0.492. The van der Waals surface area contributed by atoms with Gasteiger partial charge in [0.15, 0.2) is 0 Å². The number of hydrogen-bond acceptors (Lipinski definition) is 3. The maximum absolute atomic E-state index is 5.20. The molecule has 0 bridgehead atoms. The molecule has 0 spiro atoms. The van der Waals surface area contributed by atoms with Crippen LogP contribution in [0.3, 0.4) is 0 Å². The molecule has 102 valence electrons. The second-order valence-corrected chi connectivity index (χ2v) is 4.76. The van der Waals surface area contributed by atoms with Gasteiger partial charge in [-0.15, -0.1) is 5.10 Å². The predicted molar refractivity (Wildman–Crippen MR) is 80.5 cm³/mol. The molecule has 1 aliphatic heterocycles. The Balaban J connectivity index is 2.01. The van der Waals surface area contributed by atoms with Gasteiger partial charge in [0.25, 0.3) is 0 Å². The molecule has 1 heterocycles. The second kappa shape index (κ2) is 6.78. The molecular weight excluding hydrogens is 238 g/mol. The number of nitrogens with two attached hydrogens (primary N) is 2. The number of benzene rings is 1. The Morgan fingerprint density at radius 1 is 1.00 bits per heavy atom. The van der Waals surface area contributed by atoms with E-state index < -0.39 is 0 Å². The molecule has 0 atom stereocenters. The van der Waals surface area contributed by atoms with E-state index in [0.29, 0.717) is 0 Å². The van der Waals surface area contributed by atoms with Crippen LogP contribution in [0.1, 0.15) is 31.2 Å². The molecule has 4 N–H and O–H groups in total. The highest BCUT2D eigenvalue weighted by Crippen LogP contribution is 2.19. The van der Waals surface area contributed by atoms with Gasteiger partial charge in [0, 0.05) is 18.8 Å². The van der Waals surface area contributed by atoms with Gasteiger partial charge < -0.3 is 16.4 Å². The van der Waals surface area contributed by atoms with Crippen molar-refractivity contribution in [2.24, 2.45) is 21.7 Å². The highest BCUT2D eigenvalue weighted by atomic mass is 15.3. The lowest BCUT2D eigenvalue weighted by molar-refractivity contribution is 0.726. The van der Waals surface area contributed by atoms with E-state index in [-0.39, 0.29) is 5.96 Å². The monoisotopic (exact) mass is 259 g/mol. The summed E-state index contributed by atoms with van der Waals surface area (Å²) in [6.45, 7) is 2.31. The third-order valence-electron chi connectivity index (χ3n) is 3.24. The van der Waals surface area contributed by atoms with E-state index in [1.807, 2.05) is 12.1 Å². The maximum atomic E-state index is 5.20. The molecule has 5 heteroatoms. The fraction of sp³-hybridized carbons (Fsp3) is 0.429. The Morgan fingerprint density at radius 2 is 1.63 bits per heavy atom. The average Bonchev–Trinajstić information content (AvgIpc) is 2.68. The van der Waals surface area contributed by atoms with Crippen molar-refractivity contribution in [3.63, 3.8) is 0 Å². The van der Waals surface area contributed by atoms with Crippen LogP contribution >= 0.6 is 0 Å². The van der Waals surface area contributed by atoms with Crippen LogP contribution in [-0.4, -0.2) is 25.3 Å². The molecule has 0 amide bonds. The minimum atomic E-state index is -0.0302. The largest absolute Gasteiger partial charge is 0.372 e. The van der Waals surface area contributed by atoms with Crippen molar-refractivity contribution < 1.29 is 0 Å². The molecule has 0 aliphatic carbocycles. The van der Waals surface area contributed by atoms with Crippen LogP contribution in [0, 0.1) is 0 Å². The van der Waals surface area contributed by atoms with Gasteiger partial charge in [-0.1, -0.05) is 25.0 Å². The van der Waals surface area contributed by atoms with Crippen LogP contribution in [-0.2, 0) is 0 Å². The first-order valence-corrected chi connectivity index (χ1v) is 6.73. The van der Waals surface area contributed by atoms with Crippen molar-refractivity contribution in [3.05, 3.63) is 29.8 Å². The molecule has 0 unspecified atom stereocenters. The maximum Gasteiger partial charge on any atom is 0.211 e. The van der Waals surface area contributed by atoms with Gasteiger partial charge in [-0.2, -0.15) is 5.10 Å². The van der Waals surface area contributed by atoms with E-state index >= 15 is 0 Å². The first-order chi connectivity index (χ1) is 9.25. The van der Waals surface area contributed by atoms with Crippen LogP contribution in [0.5, 0.6) is 0 Å². The van der Waals surface area contributed by atoms with Gasteiger partial charge in [0.05, 0.1) is 6.21 Å². The summed E-state index contributed by atoms with van der Waals surface area (Å²) in [7, 11) is 0. The van der Waals surface area contributed by atoms with Crippen LogP contribution < -0.4 is 16.4 Å². The van der Waals surface area contributed by atoms with Crippen molar-refractivity contribution in [2.75, 3.05) is 18.0 Å². The molecule has 0 aromatic heterocycles. The number of nitrogens with zero attached hydrogens (tertiary/aromatic N) is 3. The van der Waals surface area contributed by atoms with Crippen molar-refractivity contribution in [1.82, 2.24) is 0 Å². The minimum absolute atomic E-state index is 0.0302. The summed E-state index contributed by atoms with van der Waals surface area (Å²) < 4.78 is 0. The van der Waals surface area contributed by atoms with E-state index in [1.165, 1.54) is 31.4 Å². The summed E-state index contributed by atoms with van der Waals surface area (Å²) in [6.07, 6.45) is 6.91. The lowest BCUT2D eigenvalue weighted by atomic mass is 10.2. The zero-order chi connectivity index (χ0) is 13.5. The smallest absolute Gasteiger partial charge is 0.211 e. The van der Waals surface area contributed by atoms with Crippen molar-refractivity contribution in [3.8, 4) is 0 Å². The van der Waals surface area contributed by atoms with E-state index in [1.54, 1.807) is 6.21 Å². The molecule has 19 heavy (non-hydrogen) atoms. The average molecular weight is 259 g/mol. The number of anilines is 1. The Morgan fingerprint density at radius 3 is 2.21 bits per heavy atom. The Kier molecular flexibility index (Phi) is 4.78. The van der Waals surface area contributed by atoms with Crippen LogP contribution in [0.25, 0.3) is 0 Å². The summed E-state index contributed by atoms with van der Waals surface area (Å²) in [5, 5.41) is 7.37. The summed E-state index contributed by atoms with van der Waals surface area (Å²) in [6, 6.07) is 8.32. The Labute approximate surface area is 114 Å². The van der Waals surface area contributed by atoms with Gasteiger partial charge in [0.1, 0.15) is 0 Å². The third kappa shape index (κ3) is 4.28. The molecule has 1 aliphatic rings. The van der Waals surface area contributed by atoms with Crippen LogP contribution in [0.15, 0.2) is 34.5 Å². The van der Waals surface area contributed by atoms with Crippen LogP contribution in [0.2, 0.25) is 0 Å². The zero-order valence-electron chi connectivity index (χ0n) is 11.1. The topological polar surface area (TPSA) is 80.0 Å². The fourth-order valence-electron chi connectivity index (χ4n) is 2.26. The first-order valence-electron chi connectivity index (χ1n) is 6.73. The lowest BCUT2D eigenvalue weighted by Crippen LogP contribution is -2.23. The number of guanidine groups is 1. The van der Waals surface area contributed by atoms with Gasteiger partial charge in [0.2, 0.25) is 5.96 Å². The molecule has 1 aromatic carbocycles. The number of rotatable bonds is 3. The summed E-state index contributed by atoms with van der Waals surface area (Å²) in [5.41, 5.74) is 12.7. The first kappa shape index (κ1) is 13.4. The molecule has 1 aromatic rings. The predicted octanol–water partition coefficient (Wildman–Crippen LogP) is 1.67. The fourth-order valence-corrected chi connectivity index (χ4v) is 2.26. The normalized spacial score (nSPS) is 16.3. The summed E-state index contributed by atoms with van der Waals surface area (Å²) in [5.74, 6) is -0.0302. The number of hydrogen-bond donors (Lipinski definition) is 2. The van der Waals surface area contributed by atoms with Gasteiger partial charge >= 0.3 is 0 Å². The standard InChI is InChI=1S/C14H21N5/c15-14(16)18-17-11-12-5-7-13(8-6-12)19-9-3-1-2-4-10-19/h5-8,11H,1-4,9-10H2,(H4,15,16,18)/b17-11+. The molecule has 2 rings (SSSR count). The van der Waals surface area contributed by atoms with E-state index in [9.17, 15) is 0 Å². The SMILES string of the molecule is NC(N)=N/N=C/c1ccc(N2CCCCCC2)cc1. The van der Waals surface area contributed by atoms with Gasteiger partial charge in [-0.25, -0.2) is 0 Å². The van der Waals surface area contributed by atoms with Crippen molar-refractivity contribution in [2.45, 2.75) is 25.7 Å². The molecule has 5 nitrogen and oxygen atoms in total. The van der Waals surface area contributed by atoms with Gasteiger partial charge in [-0.3, -0.25) is 0 Å². The van der Waals surface area contributed by atoms with E-state index in [0.717, 1.165) is 18.7 Å². The zero-order valence-corrected chi connectivity index (χ0v) is 11.1. The molecule has 1 saturated heterocycles. The summed E-state index contributed by atoms with van der Waals surface area (Å²) >= 11 is 0. The highest BCUT2D eigenvalue weighted by Gasteiger charge is 2.09. The molecule has 0 radical (unpaired) electrons. The Bertz CT molecular complexity index is 437. The molecular formula is C14H21N5. The third-order valence-corrected chi connectivity index (χ3v) is 3.24. The second-order valence-electron chi connectivity index (χ2n) is 4.76. The van der Waals surface area contributed by atoms with Crippen molar-refractivity contribution >= 4 is 17.9 Å². The lowest BCUT2D eigenvalue weighted by Gasteiger charge is -2.22. The van der Waals surface area contributed by atoms with E-state index in [4.69, 9.17) is 11.5 Å². The van der Waals surface area contributed by atoms with Crippen LogP contribution in [0.4, 0.5) is 5.69 Å². The minimum Gasteiger partial charge on any atom is -0.372 e. The Hall–Kier alpha value is -2.04. The van der Waals surface area contributed by atoms with Gasteiger partial charge in [-0.05, 0) is 30.5 Å². The molecule has 0 saturated carbocycles.